The van der Waals surface area contributed by atoms with Gasteiger partial charge in [0.15, 0.2) is 0 Å². The highest BCUT2D eigenvalue weighted by Crippen LogP contribution is 2.20. The predicted molar refractivity (Wildman–Crippen MR) is 65.4 cm³/mol. The maximum absolute atomic E-state index is 11.9. The number of carbonyl (C=O) groups excluding carboxylic acids is 2. The van der Waals surface area contributed by atoms with Crippen molar-refractivity contribution in [3.05, 3.63) is 29.3 Å². The molecule has 0 saturated heterocycles. The Hall–Kier alpha value is -1.84. The molecule has 0 atom stereocenters. The number of ketones is 1. The highest BCUT2D eigenvalue weighted by Gasteiger charge is 2.19. The van der Waals surface area contributed by atoms with Gasteiger partial charge >= 0.3 is 0 Å². The second-order valence-electron chi connectivity index (χ2n) is 3.79. The molecule has 92 valence electrons. The van der Waals surface area contributed by atoms with E-state index in [0.29, 0.717) is 17.9 Å². The molecule has 1 rings (SSSR count). The lowest BCUT2D eigenvalue weighted by Gasteiger charge is -2.08. The van der Waals surface area contributed by atoms with Gasteiger partial charge in [0.2, 0.25) is 0 Å². The van der Waals surface area contributed by atoms with E-state index in [1.807, 2.05) is 19.9 Å². The van der Waals surface area contributed by atoms with E-state index in [1.54, 1.807) is 12.1 Å². The van der Waals surface area contributed by atoms with Gasteiger partial charge in [-0.3, -0.25) is 9.59 Å². The number of carbonyl (C=O) groups is 2. The molecule has 1 amide bonds. The number of ether oxygens (including phenoxy) is 1. The number of methoxy groups -OCH3 is 1. The Morgan fingerprint density at radius 2 is 2.06 bits per heavy atom. The van der Waals surface area contributed by atoms with Crippen LogP contribution in [0.2, 0.25) is 0 Å². The van der Waals surface area contributed by atoms with E-state index in [1.165, 1.54) is 7.11 Å². The Bertz CT molecular complexity index is 427. The molecule has 4 nitrogen and oxygen atoms in total. The van der Waals surface area contributed by atoms with Crippen molar-refractivity contribution < 1.29 is 14.3 Å². The highest BCUT2D eigenvalue weighted by molar-refractivity contribution is 6.43. The van der Waals surface area contributed by atoms with Crippen molar-refractivity contribution in [1.82, 2.24) is 5.32 Å². The van der Waals surface area contributed by atoms with Crippen LogP contribution in [0, 0.1) is 6.92 Å². The van der Waals surface area contributed by atoms with Crippen molar-refractivity contribution in [3.8, 4) is 5.75 Å². The molecule has 1 aromatic rings. The van der Waals surface area contributed by atoms with Crippen LogP contribution in [0.15, 0.2) is 18.2 Å². The van der Waals surface area contributed by atoms with Gasteiger partial charge in [0, 0.05) is 6.54 Å². The molecule has 0 spiro atoms. The normalized spacial score (nSPS) is 9.82. The molecule has 1 N–H and O–H groups in total. The fourth-order valence-corrected chi connectivity index (χ4v) is 1.44. The van der Waals surface area contributed by atoms with E-state index in [-0.39, 0.29) is 0 Å². The largest absolute Gasteiger partial charge is 0.496 e. The minimum absolute atomic E-state index is 0.307. The van der Waals surface area contributed by atoms with E-state index in [9.17, 15) is 9.59 Å². The minimum atomic E-state index is -0.587. The van der Waals surface area contributed by atoms with Gasteiger partial charge in [-0.15, -0.1) is 0 Å². The van der Waals surface area contributed by atoms with Crippen LogP contribution >= 0.6 is 0 Å². The zero-order valence-electron chi connectivity index (χ0n) is 10.4. The molecule has 0 radical (unpaired) electrons. The monoisotopic (exact) mass is 235 g/mol. The Balaban J connectivity index is 2.94. The molecule has 0 bridgehead atoms. The Morgan fingerprint density at radius 3 is 2.65 bits per heavy atom. The standard InChI is InChI=1S/C13H17NO3/c1-4-7-14-13(16)12(15)10-8-9(2)5-6-11(10)17-3/h5-6,8H,4,7H2,1-3H3,(H,14,16). The lowest BCUT2D eigenvalue weighted by atomic mass is 10.1. The minimum Gasteiger partial charge on any atom is -0.496 e. The van der Waals surface area contributed by atoms with E-state index in [4.69, 9.17) is 4.74 Å². The van der Waals surface area contributed by atoms with Crippen molar-refractivity contribution in [3.63, 3.8) is 0 Å². The smallest absolute Gasteiger partial charge is 0.292 e. The van der Waals surface area contributed by atoms with Crippen molar-refractivity contribution in [2.45, 2.75) is 20.3 Å². The Labute approximate surface area is 101 Å². The Morgan fingerprint density at radius 1 is 1.35 bits per heavy atom. The second kappa shape index (κ2) is 6.03. The lowest BCUT2D eigenvalue weighted by molar-refractivity contribution is -0.117. The van der Waals surface area contributed by atoms with Crippen LogP contribution in [-0.4, -0.2) is 25.3 Å². The first kappa shape index (κ1) is 13.2. The summed E-state index contributed by atoms with van der Waals surface area (Å²) in [7, 11) is 1.48. The van der Waals surface area contributed by atoms with Gasteiger partial charge in [-0.2, -0.15) is 0 Å². The third-order valence-corrected chi connectivity index (χ3v) is 2.34. The first-order valence-corrected chi connectivity index (χ1v) is 5.57. The predicted octanol–water partition coefficient (Wildman–Crippen LogP) is 1.71. The van der Waals surface area contributed by atoms with Crippen molar-refractivity contribution in [1.29, 1.82) is 0 Å². The van der Waals surface area contributed by atoms with E-state index in [0.717, 1.165) is 12.0 Å². The molecule has 4 heteroatoms. The molecule has 0 aliphatic heterocycles. The van der Waals surface area contributed by atoms with Gasteiger partial charge in [0.25, 0.3) is 11.7 Å². The van der Waals surface area contributed by atoms with Crippen LogP contribution in [0.25, 0.3) is 0 Å². The summed E-state index contributed by atoms with van der Waals surface area (Å²) in [4.78, 5) is 23.5. The summed E-state index contributed by atoms with van der Waals surface area (Å²) in [6.45, 7) is 4.29. The van der Waals surface area contributed by atoms with Gasteiger partial charge in [-0.05, 0) is 25.5 Å². The van der Waals surface area contributed by atoms with Gasteiger partial charge in [0.05, 0.1) is 12.7 Å². The van der Waals surface area contributed by atoms with Crippen molar-refractivity contribution in [2.75, 3.05) is 13.7 Å². The first-order valence-electron chi connectivity index (χ1n) is 5.57. The van der Waals surface area contributed by atoms with Crippen LogP contribution in [0.1, 0.15) is 29.3 Å². The second-order valence-corrected chi connectivity index (χ2v) is 3.79. The zero-order chi connectivity index (χ0) is 12.8. The summed E-state index contributed by atoms with van der Waals surface area (Å²) in [6, 6.07) is 5.18. The van der Waals surface area contributed by atoms with Crippen LogP contribution < -0.4 is 10.1 Å². The number of amides is 1. The molecule has 1 aromatic carbocycles. The molecule has 0 saturated carbocycles. The molecule has 0 fully saturated rings. The van der Waals surface area contributed by atoms with Crippen molar-refractivity contribution in [2.24, 2.45) is 0 Å². The third-order valence-electron chi connectivity index (χ3n) is 2.34. The van der Waals surface area contributed by atoms with Gasteiger partial charge in [0.1, 0.15) is 5.75 Å². The summed E-state index contributed by atoms with van der Waals surface area (Å²) in [5.74, 6) is -0.720. The molecular weight excluding hydrogens is 218 g/mol. The van der Waals surface area contributed by atoms with Crippen LogP contribution in [0.4, 0.5) is 0 Å². The maximum Gasteiger partial charge on any atom is 0.292 e. The molecule has 0 aromatic heterocycles. The van der Waals surface area contributed by atoms with E-state index in [2.05, 4.69) is 5.32 Å². The summed E-state index contributed by atoms with van der Waals surface area (Å²) < 4.78 is 5.08. The van der Waals surface area contributed by atoms with Gasteiger partial charge in [-0.1, -0.05) is 18.6 Å². The number of Topliss-reactive ketones (excluding diaryl/α,β-unsaturated/α-hetero) is 1. The molecular formula is C13H17NO3. The average Bonchev–Trinajstić information content (AvgIpc) is 2.34. The maximum atomic E-state index is 11.9. The van der Waals surface area contributed by atoms with Crippen LogP contribution in [0.5, 0.6) is 5.75 Å². The molecule has 0 heterocycles. The lowest BCUT2D eigenvalue weighted by Crippen LogP contribution is -2.31. The molecule has 0 aliphatic rings. The summed E-state index contributed by atoms with van der Waals surface area (Å²) in [5, 5.41) is 2.56. The number of hydrogen-bond acceptors (Lipinski definition) is 3. The number of hydrogen-bond donors (Lipinski definition) is 1. The number of nitrogens with one attached hydrogen (secondary N) is 1. The number of benzene rings is 1. The first-order chi connectivity index (χ1) is 8.10. The number of aryl methyl sites for hydroxylation is 1. The summed E-state index contributed by atoms with van der Waals surface area (Å²) in [5.41, 5.74) is 1.22. The summed E-state index contributed by atoms with van der Waals surface area (Å²) >= 11 is 0. The van der Waals surface area contributed by atoms with Gasteiger partial charge in [-0.25, -0.2) is 0 Å². The zero-order valence-corrected chi connectivity index (χ0v) is 10.4. The van der Waals surface area contributed by atoms with E-state index < -0.39 is 11.7 Å². The van der Waals surface area contributed by atoms with Crippen LogP contribution in [0.3, 0.4) is 0 Å². The molecule has 0 unspecified atom stereocenters. The van der Waals surface area contributed by atoms with Crippen LogP contribution in [-0.2, 0) is 4.79 Å². The molecule has 17 heavy (non-hydrogen) atoms. The average molecular weight is 235 g/mol. The van der Waals surface area contributed by atoms with E-state index >= 15 is 0 Å². The third kappa shape index (κ3) is 3.31. The highest BCUT2D eigenvalue weighted by atomic mass is 16.5. The SMILES string of the molecule is CCCNC(=O)C(=O)c1cc(C)ccc1OC. The Kier molecular flexibility index (Phi) is 4.69. The summed E-state index contributed by atoms with van der Waals surface area (Å²) in [6.07, 6.45) is 0.796. The van der Waals surface area contributed by atoms with Gasteiger partial charge < -0.3 is 10.1 Å². The topological polar surface area (TPSA) is 55.4 Å². The number of rotatable bonds is 5. The fraction of sp³-hybridized carbons (Fsp3) is 0.385. The fourth-order valence-electron chi connectivity index (χ4n) is 1.44. The van der Waals surface area contributed by atoms with Crippen molar-refractivity contribution >= 4 is 11.7 Å². The molecule has 0 aliphatic carbocycles. The quantitative estimate of drug-likeness (QED) is 0.624.